The Balaban J connectivity index is 2.05. The monoisotopic (exact) mass is 218 g/mol. The van der Waals surface area contributed by atoms with E-state index in [2.05, 4.69) is 49.2 Å². The molecule has 0 heterocycles. The van der Waals surface area contributed by atoms with Gasteiger partial charge in [-0.3, -0.25) is 0 Å². The van der Waals surface area contributed by atoms with Crippen molar-refractivity contribution < 1.29 is 0 Å². The van der Waals surface area contributed by atoms with E-state index in [1.807, 2.05) is 0 Å². The van der Waals surface area contributed by atoms with Crippen molar-refractivity contribution in [3.05, 3.63) is 30.3 Å². The summed E-state index contributed by atoms with van der Waals surface area (Å²) in [6, 6.07) is 10.9. The van der Waals surface area contributed by atoms with E-state index in [-0.39, 0.29) is 5.41 Å². The van der Waals surface area contributed by atoms with Gasteiger partial charge in [-0.05, 0) is 25.0 Å². The van der Waals surface area contributed by atoms with Crippen LogP contribution in [0.2, 0.25) is 0 Å². The molecule has 1 aromatic carbocycles. The van der Waals surface area contributed by atoms with Crippen LogP contribution in [0.1, 0.15) is 26.2 Å². The van der Waals surface area contributed by atoms with Gasteiger partial charge < -0.3 is 10.6 Å². The molecule has 0 aromatic heterocycles. The molecule has 0 aliphatic heterocycles. The molecule has 16 heavy (non-hydrogen) atoms. The van der Waals surface area contributed by atoms with Crippen LogP contribution in [0.4, 0.5) is 5.69 Å². The van der Waals surface area contributed by atoms with E-state index >= 15 is 0 Å². The quantitative estimate of drug-likeness (QED) is 0.845. The normalized spacial score (nSPS) is 29.3. The largest absolute Gasteiger partial charge is 0.374 e. The van der Waals surface area contributed by atoms with Gasteiger partial charge >= 0.3 is 0 Å². The summed E-state index contributed by atoms with van der Waals surface area (Å²) in [5.74, 6) is 0. The Bertz CT molecular complexity index is 336. The van der Waals surface area contributed by atoms with Gasteiger partial charge in [0.05, 0.1) is 0 Å². The number of anilines is 1. The van der Waals surface area contributed by atoms with Gasteiger partial charge in [0.1, 0.15) is 0 Å². The van der Waals surface area contributed by atoms with Gasteiger partial charge in [-0.2, -0.15) is 0 Å². The third kappa shape index (κ3) is 2.22. The Morgan fingerprint density at radius 3 is 2.62 bits per heavy atom. The first-order valence-corrected chi connectivity index (χ1v) is 6.14. The molecule has 1 fully saturated rings. The summed E-state index contributed by atoms with van der Waals surface area (Å²) in [7, 11) is 2.16. The molecular weight excluding hydrogens is 196 g/mol. The fourth-order valence-electron chi connectivity index (χ4n) is 2.77. The molecule has 1 aliphatic rings. The van der Waals surface area contributed by atoms with Crippen LogP contribution in [0, 0.1) is 5.41 Å². The van der Waals surface area contributed by atoms with Crippen LogP contribution in [0.25, 0.3) is 0 Å². The van der Waals surface area contributed by atoms with Crippen molar-refractivity contribution in [2.75, 3.05) is 18.5 Å². The minimum Gasteiger partial charge on any atom is -0.374 e. The van der Waals surface area contributed by atoms with Gasteiger partial charge in [-0.15, -0.1) is 0 Å². The van der Waals surface area contributed by atoms with Gasteiger partial charge in [0.2, 0.25) is 0 Å². The molecular formula is C14H22N2. The van der Waals surface area contributed by atoms with Crippen LogP contribution in [0.15, 0.2) is 30.3 Å². The Morgan fingerprint density at radius 2 is 2.06 bits per heavy atom. The van der Waals surface area contributed by atoms with Crippen LogP contribution in [-0.2, 0) is 0 Å². The predicted octanol–water partition coefficient (Wildman–Crippen LogP) is 2.64. The molecule has 0 saturated heterocycles. The summed E-state index contributed by atoms with van der Waals surface area (Å²) in [4.78, 5) is 2.32. The predicted molar refractivity (Wildman–Crippen MR) is 69.6 cm³/mol. The van der Waals surface area contributed by atoms with E-state index in [4.69, 9.17) is 5.73 Å². The maximum Gasteiger partial charge on any atom is 0.0363 e. The average Bonchev–Trinajstić information content (AvgIpc) is 2.60. The fraction of sp³-hybridized carbons (Fsp3) is 0.571. The van der Waals surface area contributed by atoms with Crippen molar-refractivity contribution in [2.45, 2.75) is 32.2 Å². The van der Waals surface area contributed by atoms with Gasteiger partial charge in [-0.1, -0.05) is 31.5 Å². The third-order valence-corrected chi connectivity index (χ3v) is 3.95. The molecule has 2 heteroatoms. The van der Waals surface area contributed by atoms with E-state index in [1.54, 1.807) is 0 Å². The lowest BCUT2D eigenvalue weighted by Gasteiger charge is -2.34. The third-order valence-electron chi connectivity index (χ3n) is 3.95. The lowest BCUT2D eigenvalue weighted by molar-refractivity contribution is 0.301. The standard InChI is InChI=1S/C14H22N2/c1-14(10-6-9-13(14)15)11-16(2)12-7-4-3-5-8-12/h3-5,7-8,13H,6,9-11,15H2,1-2H3. The smallest absolute Gasteiger partial charge is 0.0363 e. The minimum atomic E-state index is 0.282. The van der Waals surface area contributed by atoms with Crippen LogP contribution >= 0.6 is 0 Å². The second-order valence-electron chi connectivity index (χ2n) is 5.34. The fourth-order valence-corrected chi connectivity index (χ4v) is 2.77. The number of rotatable bonds is 3. The Morgan fingerprint density at radius 1 is 1.38 bits per heavy atom. The zero-order valence-corrected chi connectivity index (χ0v) is 10.3. The molecule has 0 amide bonds. The molecule has 0 spiro atoms. The molecule has 2 atom stereocenters. The summed E-state index contributed by atoms with van der Waals surface area (Å²) in [5.41, 5.74) is 7.78. The van der Waals surface area contributed by atoms with Crippen LogP contribution in [-0.4, -0.2) is 19.6 Å². The number of nitrogens with zero attached hydrogens (tertiary/aromatic N) is 1. The summed E-state index contributed by atoms with van der Waals surface area (Å²) < 4.78 is 0. The number of hydrogen-bond acceptors (Lipinski definition) is 2. The Labute approximate surface area is 98.4 Å². The highest BCUT2D eigenvalue weighted by atomic mass is 15.1. The van der Waals surface area contributed by atoms with Gasteiger partial charge in [0.15, 0.2) is 0 Å². The molecule has 2 unspecified atom stereocenters. The van der Waals surface area contributed by atoms with E-state index in [1.165, 1.54) is 24.9 Å². The van der Waals surface area contributed by atoms with Gasteiger partial charge in [-0.25, -0.2) is 0 Å². The topological polar surface area (TPSA) is 29.3 Å². The van der Waals surface area contributed by atoms with Crippen LogP contribution in [0.5, 0.6) is 0 Å². The number of para-hydroxylation sites is 1. The van der Waals surface area contributed by atoms with E-state index < -0.39 is 0 Å². The minimum absolute atomic E-state index is 0.282. The molecule has 0 radical (unpaired) electrons. The summed E-state index contributed by atoms with van der Waals surface area (Å²) in [6.45, 7) is 3.38. The average molecular weight is 218 g/mol. The lowest BCUT2D eigenvalue weighted by Crippen LogP contribution is -2.43. The van der Waals surface area contributed by atoms with Crippen molar-refractivity contribution >= 4 is 5.69 Å². The van der Waals surface area contributed by atoms with E-state index in [9.17, 15) is 0 Å². The SMILES string of the molecule is CN(CC1(C)CCCC1N)c1ccccc1. The zero-order chi connectivity index (χ0) is 11.6. The zero-order valence-electron chi connectivity index (χ0n) is 10.3. The molecule has 1 saturated carbocycles. The Kier molecular flexibility index (Phi) is 3.20. The molecule has 2 nitrogen and oxygen atoms in total. The van der Waals surface area contributed by atoms with Crippen molar-refractivity contribution in [3.63, 3.8) is 0 Å². The van der Waals surface area contributed by atoms with Crippen LogP contribution < -0.4 is 10.6 Å². The highest BCUT2D eigenvalue weighted by molar-refractivity contribution is 5.45. The number of hydrogen-bond donors (Lipinski definition) is 1. The second kappa shape index (κ2) is 4.46. The van der Waals surface area contributed by atoms with E-state index in [0.29, 0.717) is 6.04 Å². The lowest BCUT2D eigenvalue weighted by atomic mass is 9.84. The van der Waals surface area contributed by atoms with E-state index in [0.717, 1.165) is 6.54 Å². The molecule has 88 valence electrons. The molecule has 2 N–H and O–H groups in total. The molecule has 1 aromatic rings. The molecule has 0 bridgehead atoms. The van der Waals surface area contributed by atoms with Gasteiger partial charge in [0.25, 0.3) is 0 Å². The van der Waals surface area contributed by atoms with Crippen molar-refractivity contribution in [2.24, 2.45) is 11.1 Å². The number of benzene rings is 1. The molecule has 2 rings (SSSR count). The first-order valence-electron chi connectivity index (χ1n) is 6.14. The highest BCUT2D eigenvalue weighted by Gasteiger charge is 2.37. The van der Waals surface area contributed by atoms with Gasteiger partial charge in [0, 0.05) is 30.7 Å². The maximum atomic E-state index is 6.21. The first kappa shape index (κ1) is 11.5. The molecule has 1 aliphatic carbocycles. The summed E-state index contributed by atoms with van der Waals surface area (Å²) in [6.07, 6.45) is 3.71. The maximum absolute atomic E-state index is 6.21. The Hall–Kier alpha value is -1.02. The van der Waals surface area contributed by atoms with Crippen molar-refractivity contribution in [3.8, 4) is 0 Å². The first-order chi connectivity index (χ1) is 7.62. The summed E-state index contributed by atoms with van der Waals surface area (Å²) >= 11 is 0. The second-order valence-corrected chi connectivity index (χ2v) is 5.34. The van der Waals surface area contributed by atoms with Crippen molar-refractivity contribution in [1.82, 2.24) is 0 Å². The number of nitrogens with two attached hydrogens (primary N) is 1. The van der Waals surface area contributed by atoms with Crippen LogP contribution in [0.3, 0.4) is 0 Å². The van der Waals surface area contributed by atoms with Crippen molar-refractivity contribution in [1.29, 1.82) is 0 Å². The highest BCUT2D eigenvalue weighted by Crippen LogP contribution is 2.37. The summed E-state index contributed by atoms with van der Waals surface area (Å²) in [5, 5.41) is 0.